The van der Waals surface area contributed by atoms with E-state index in [-0.39, 0.29) is 24.2 Å². The van der Waals surface area contributed by atoms with Crippen LogP contribution in [0.25, 0.3) is 11.1 Å². The summed E-state index contributed by atoms with van der Waals surface area (Å²) in [4.78, 5) is 27.4. The van der Waals surface area contributed by atoms with Crippen molar-refractivity contribution < 1.29 is 4.79 Å². The van der Waals surface area contributed by atoms with Gasteiger partial charge in [-0.05, 0) is 65.9 Å². The van der Waals surface area contributed by atoms with Crippen molar-refractivity contribution in [2.75, 3.05) is 14.1 Å². The van der Waals surface area contributed by atoms with Crippen LogP contribution in [0.1, 0.15) is 61.8 Å². The molecule has 0 saturated carbocycles. The summed E-state index contributed by atoms with van der Waals surface area (Å²) in [7, 11) is 4.54. The Labute approximate surface area is 210 Å². The molecule has 3 rings (SSSR count). The van der Waals surface area contributed by atoms with Crippen LogP contribution in [0, 0.1) is 4.91 Å². The zero-order valence-corrected chi connectivity index (χ0v) is 22.5. The van der Waals surface area contributed by atoms with Gasteiger partial charge in [0.15, 0.2) is 0 Å². The Morgan fingerprint density at radius 1 is 1.03 bits per heavy atom. The lowest BCUT2D eigenvalue weighted by molar-refractivity contribution is -0.117. The van der Waals surface area contributed by atoms with E-state index in [4.69, 9.17) is 0 Å². The van der Waals surface area contributed by atoms with E-state index in [2.05, 4.69) is 58.8 Å². The lowest BCUT2D eigenvalue weighted by Gasteiger charge is -2.21. The summed E-state index contributed by atoms with van der Waals surface area (Å²) in [6.45, 7) is 9.31. The predicted octanol–water partition coefficient (Wildman–Crippen LogP) is 6.01. The lowest BCUT2D eigenvalue weighted by Crippen LogP contribution is -2.11. The van der Waals surface area contributed by atoms with Crippen molar-refractivity contribution in [3.63, 3.8) is 0 Å². The van der Waals surface area contributed by atoms with Crippen molar-refractivity contribution in [1.29, 1.82) is 0 Å². The number of amides is 1. The molecule has 8 heteroatoms. The maximum absolute atomic E-state index is 13.1. The minimum atomic E-state index is -1.37. The summed E-state index contributed by atoms with van der Waals surface area (Å²) in [5.74, 6) is 0.112. The first-order valence-corrected chi connectivity index (χ1v) is 12.9. The molecule has 0 aliphatic heterocycles. The molecule has 0 aliphatic rings. The molecule has 186 valence electrons. The maximum atomic E-state index is 13.1. The maximum Gasteiger partial charge on any atom is 0.258 e. The molecule has 3 aromatic rings. The number of carbonyl (C=O) groups excluding carboxylic acids is 1. The average Bonchev–Trinajstić information content (AvgIpc) is 3.23. The largest absolute Gasteiger partial charge is 0.305 e. The minimum Gasteiger partial charge on any atom is -0.305 e. The molecule has 2 aromatic carbocycles. The second kappa shape index (κ2) is 11.6. The Bertz CT molecular complexity index is 1200. The number of benzene rings is 2. The van der Waals surface area contributed by atoms with E-state index in [9.17, 15) is 9.70 Å². The third-order valence-corrected chi connectivity index (χ3v) is 7.03. The Morgan fingerprint density at radius 3 is 2.09 bits per heavy atom. The summed E-state index contributed by atoms with van der Waals surface area (Å²) in [5, 5.41) is 4.31. The molecule has 0 aliphatic carbocycles. The van der Waals surface area contributed by atoms with Gasteiger partial charge in [-0.25, -0.2) is 0 Å². The number of nitrogens with zero attached hydrogens (tertiary/aromatic N) is 5. The van der Waals surface area contributed by atoms with Crippen LogP contribution < -0.4 is 0 Å². The van der Waals surface area contributed by atoms with E-state index >= 15 is 0 Å². The van der Waals surface area contributed by atoms with Crippen molar-refractivity contribution in [2.45, 2.75) is 57.4 Å². The third-order valence-electron chi connectivity index (χ3n) is 5.82. The van der Waals surface area contributed by atoms with Gasteiger partial charge in [-0.1, -0.05) is 52.0 Å². The SMILES string of the molecule is CC(C)c1cc(-c2cnn(C)c2)cc(C(C)C)c1CC(=O)N=S(N=O)c1ccc(CN(C)C)cc1. The highest BCUT2D eigenvalue weighted by Gasteiger charge is 2.20. The molecule has 1 amide bonds. The Hall–Kier alpha value is -2.97. The van der Waals surface area contributed by atoms with Crippen molar-refractivity contribution in [3.05, 3.63) is 76.0 Å². The number of carbonyl (C=O) groups is 1. The summed E-state index contributed by atoms with van der Waals surface area (Å²) in [5.41, 5.74) is 6.48. The average molecular weight is 494 g/mol. The number of rotatable bonds is 9. The molecular formula is C27H35N5O2S. The topological polar surface area (TPSA) is 79.9 Å². The van der Waals surface area contributed by atoms with Gasteiger partial charge in [-0.3, -0.25) is 9.48 Å². The molecule has 0 fully saturated rings. The first-order chi connectivity index (χ1) is 16.6. The summed E-state index contributed by atoms with van der Waals surface area (Å²) >= 11 is 0. The zero-order chi connectivity index (χ0) is 25.7. The van der Waals surface area contributed by atoms with Gasteiger partial charge in [-0.2, -0.15) is 9.46 Å². The summed E-state index contributed by atoms with van der Waals surface area (Å²) < 4.78 is 9.18. The highest BCUT2D eigenvalue weighted by Crippen LogP contribution is 2.34. The van der Waals surface area contributed by atoms with Gasteiger partial charge in [0, 0.05) is 34.8 Å². The highest BCUT2D eigenvalue weighted by molar-refractivity contribution is 7.86. The van der Waals surface area contributed by atoms with E-state index < -0.39 is 10.9 Å². The number of aryl methyl sites for hydroxylation is 1. The Balaban J connectivity index is 1.96. The van der Waals surface area contributed by atoms with Crippen molar-refractivity contribution in [2.24, 2.45) is 16.0 Å². The molecule has 7 nitrogen and oxygen atoms in total. The normalized spacial score (nSPS) is 12.6. The molecule has 35 heavy (non-hydrogen) atoms. The van der Waals surface area contributed by atoms with Crippen molar-refractivity contribution in [1.82, 2.24) is 14.7 Å². The van der Waals surface area contributed by atoms with Crippen LogP contribution >= 0.6 is 0 Å². The Morgan fingerprint density at radius 2 is 1.63 bits per heavy atom. The molecule has 0 radical (unpaired) electrons. The van der Waals surface area contributed by atoms with E-state index in [1.807, 2.05) is 57.8 Å². The fraction of sp³-hybridized carbons (Fsp3) is 0.407. The molecule has 0 saturated heterocycles. The van der Waals surface area contributed by atoms with E-state index in [1.54, 1.807) is 4.68 Å². The van der Waals surface area contributed by atoms with E-state index in [0.717, 1.165) is 39.9 Å². The summed E-state index contributed by atoms with van der Waals surface area (Å²) in [6, 6.07) is 11.9. The third kappa shape index (κ3) is 6.80. The van der Waals surface area contributed by atoms with Crippen molar-refractivity contribution in [3.8, 4) is 11.1 Å². The molecule has 1 aromatic heterocycles. The Kier molecular flexibility index (Phi) is 8.86. The standard InChI is InChI=1S/C27H35N5O2S/c1-18(2)24-12-21(22-15-28-32(7)17-22)13-25(19(3)4)26(24)14-27(33)29-35(30-34)23-10-8-20(9-11-23)16-31(5)6/h8-13,15,17-19H,14,16H2,1-7H3. The molecular weight excluding hydrogens is 458 g/mol. The predicted molar refractivity (Wildman–Crippen MR) is 143 cm³/mol. The van der Waals surface area contributed by atoms with Crippen LogP contribution in [0.5, 0.6) is 0 Å². The van der Waals surface area contributed by atoms with E-state index in [0.29, 0.717) is 4.90 Å². The zero-order valence-electron chi connectivity index (χ0n) is 21.6. The molecule has 0 N–H and O–H groups in total. The van der Waals surface area contributed by atoms with Crippen LogP contribution in [-0.4, -0.2) is 34.7 Å². The molecule has 1 heterocycles. The second-order valence-electron chi connectivity index (χ2n) is 9.73. The second-order valence-corrected chi connectivity index (χ2v) is 11.1. The quantitative estimate of drug-likeness (QED) is 0.342. The van der Waals surface area contributed by atoms with Gasteiger partial charge in [0.1, 0.15) is 0 Å². The van der Waals surface area contributed by atoms with Gasteiger partial charge in [0.05, 0.1) is 23.5 Å². The van der Waals surface area contributed by atoms with Gasteiger partial charge >= 0.3 is 0 Å². The van der Waals surface area contributed by atoms with Crippen molar-refractivity contribution >= 4 is 16.8 Å². The first-order valence-electron chi connectivity index (χ1n) is 11.8. The number of aromatic nitrogens is 2. The van der Waals surface area contributed by atoms with Crippen LogP contribution in [0.15, 0.2) is 62.6 Å². The monoisotopic (exact) mass is 493 g/mol. The number of hydrogen-bond donors (Lipinski definition) is 0. The molecule has 1 atom stereocenters. The molecule has 0 bridgehead atoms. The van der Waals surface area contributed by atoms with Crippen LogP contribution in [0.2, 0.25) is 0 Å². The summed E-state index contributed by atoms with van der Waals surface area (Å²) in [6.07, 6.45) is 4.00. The van der Waals surface area contributed by atoms with E-state index in [1.165, 1.54) is 0 Å². The minimum absolute atomic E-state index is 0.145. The van der Waals surface area contributed by atoms with Crippen LogP contribution in [0.3, 0.4) is 0 Å². The van der Waals surface area contributed by atoms with Crippen LogP contribution in [0.4, 0.5) is 0 Å². The van der Waals surface area contributed by atoms with Gasteiger partial charge < -0.3 is 4.90 Å². The van der Waals surface area contributed by atoms with Gasteiger partial charge in [-0.15, -0.1) is 4.91 Å². The van der Waals surface area contributed by atoms with Crippen LogP contribution in [-0.2, 0) is 35.7 Å². The fourth-order valence-electron chi connectivity index (χ4n) is 4.16. The molecule has 0 spiro atoms. The number of hydrogen-bond acceptors (Lipinski definition) is 4. The van der Waals surface area contributed by atoms with Gasteiger partial charge in [0.25, 0.3) is 5.91 Å². The highest BCUT2D eigenvalue weighted by atomic mass is 32.2. The lowest BCUT2D eigenvalue weighted by atomic mass is 9.84. The van der Waals surface area contributed by atoms with Gasteiger partial charge in [0.2, 0.25) is 0 Å². The smallest absolute Gasteiger partial charge is 0.258 e. The molecule has 1 unspecified atom stereocenters. The number of nitroso groups, excluding NO2 is 1. The fourth-order valence-corrected chi connectivity index (χ4v) is 5.02. The first kappa shape index (κ1) is 26.6.